The summed E-state index contributed by atoms with van der Waals surface area (Å²) in [4.78, 5) is 17.2. The Balaban J connectivity index is 1.56. The zero-order chi connectivity index (χ0) is 24.2. The van der Waals surface area contributed by atoms with Gasteiger partial charge >= 0.3 is 0 Å². The molecule has 0 radical (unpaired) electrons. The van der Waals surface area contributed by atoms with Crippen LogP contribution in [-0.4, -0.2) is 18.2 Å². The molecule has 1 heterocycles. The molecule has 1 fully saturated rings. The van der Waals surface area contributed by atoms with Crippen molar-refractivity contribution >= 4 is 69.4 Å². The fraction of sp³-hybridized carbons (Fsp3) is 0.0833. The van der Waals surface area contributed by atoms with Crippen LogP contribution in [-0.2, 0) is 11.4 Å². The number of benzene rings is 3. The lowest BCUT2D eigenvalue weighted by atomic mass is 10.1. The molecular weight excluding hydrogens is 522 g/mol. The van der Waals surface area contributed by atoms with Gasteiger partial charge < -0.3 is 14.8 Å². The van der Waals surface area contributed by atoms with Crippen molar-refractivity contribution in [3.05, 3.63) is 91.5 Å². The number of carbonyl (C=O) groups excluding carboxylic acids is 1. The summed E-state index contributed by atoms with van der Waals surface area (Å²) < 4.78 is 25.0. The first-order valence-corrected chi connectivity index (χ1v) is 11.8. The Hall–Kier alpha value is -2.71. The van der Waals surface area contributed by atoms with Gasteiger partial charge in [0, 0.05) is 5.56 Å². The fourth-order valence-electron chi connectivity index (χ4n) is 3.05. The third-order valence-electron chi connectivity index (χ3n) is 4.68. The number of amidine groups is 1. The Morgan fingerprint density at radius 3 is 2.65 bits per heavy atom. The SMILES string of the molecule is COc1cc(/C=C2/SC(=Nc3cccc(Cl)c3Cl)NC2=O)cc(Cl)c1OCc1ccccc1F. The Kier molecular flexibility index (Phi) is 7.68. The molecular formula is C24H16Cl3FN2O3S. The predicted molar refractivity (Wildman–Crippen MR) is 136 cm³/mol. The number of ether oxygens (including phenoxy) is 2. The van der Waals surface area contributed by atoms with Crippen LogP contribution in [0.5, 0.6) is 11.5 Å². The topological polar surface area (TPSA) is 59.9 Å². The normalized spacial score (nSPS) is 15.6. The third-order valence-corrected chi connectivity index (χ3v) is 6.68. The number of nitrogens with zero attached hydrogens (tertiary/aromatic N) is 1. The average molecular weight is 538 g/mol. The molecule has 0 aromatic heterocycles. The Bertz CT molecular complexity index is 1330. The van der Waals surface area contributed by atoms with Gasteiger partial charge in [-0.25, -0.2) is 9.38 Å². The van der Waals surface area contributed by atoms with Crippen LogP contribution in [0.15, 0.2) is 64.5 Å². The monoisotopic (exact) mass is 536 g/mol. The van der Waals surface area contributed by atoms with E-state index in [9.17, 15) is 9.18 Å². The molecule has 1 saturated heterocycles. The first-order valence-electron chi connectivity index (χ1n) is 9.83. The van der Waals surface area contributed by atoms with E-state index in [-0.39, 0.29) is 29.1 Å². The zero-order valence-electron chi connectivity index (χ0n) is 17.6. The highest BCUT2D eigenvalue weighted by Gasteiger charge is 2.25. The second-order valence-electron chi connectivity index (χ2n) is 6.97. The molecule has 0 atom stereocenters. The lowest BCUT2D eigenvalue weighted by Gasteiger charge is -2.14. The van der Waals surface area contributed by atoms with Gasteiger partial charge in [0.15, 0.2) is 16.7 Å². The van der Waals surface area contributed by atoms with Gasteiger partial charge in [0.05, 0.1) is 32.8 Å². The van der Waals surface area contributed by atoms with Crippen molar-refractivity contribution in [1.82, 2.24) is 5.32 Å². The van der Waals surface area contributed by atoms with Crippen molar-refractivity contribution in [2.45, 2.75) is 6.61 Å². The van der Waals surface area contributed by atoms with Gasteiger partial charge in [0.25, 0.3) is 5.91 Å². The van der Waals surface area contributed by atoms with E-state index in [1.54, 1.807) is 54.6 Å². The largest absolute Gasteiger partial charge is 0.493 e. The van der Waals surface area contributed by atoms with Gasteiger partial charge in [0.2, 0.25) is 0 Å². The molecule has 3 aromatic carbocycles. The Morgan fingerprint density at radius 2 is 1.88 bits per heavy atom. The van der Waals surface area contributed by atoms with E-state index in [0.29, 0.717) is 42.7 Å². The van der Waals surface area contributed by atoms with Gasteiger partial charge in [-0.2, -0.15) is 0 Å². The van der Waals surface area contributed by atoms with Crippen LogP contribution in [0.1, 0.15) is 11.1 Å². The van der Waals surface area contributed by atoms with E-state index >= 15 is 0 Å². The van der Waals surface area contributed by atoms with Crippen molar-refractivity contribution in [3.8, 4) is 11.5 Å². The van der Waals surface area contributed by atoms with Crippen LogP contribution in [0, 0.1) is 5.82 Å². The van der Waals surface area contributed by atoms with E-state index in [1.165, 1.54) is 13.2 Å². The molecule has 4 rings (SSSR count). The second-order valence-corrected chi connectivity index (χ2v) is 9.19. The van der Waals surface area contributed by atoms with Gasteiger partial charge in [-0.1, -0.05) is 59.1 Å². The average Bonchev–Trinajstić information content (AvgIpc) is 3.15. The molecule has 34 heavy (non-hydrogen) atoms. The molecule has 3 aromatic rings. The number of amides is 1. The molecule has 0 aliphatic carbocycles. The highest BCUT2D eigenvalue weighted by atomic mass is 35.5. The molecule has 0 bridgehead atoms. The maximum Gasteiger partial charge on any atom is 0.264 e. The number of aliphatic imine (C=N–C) groups is 1. The van der Waals surface area contributed by atoms with Gasteiger partial charge in [-0.05, 0) is 53.7 Å². The lowest BCUT2D eigenvalue weighted by molar-refractivity contribution is -0.115. The summed E-state index contributed by atoms with van der Waals surface area (Å²) in [5.74, 6) is -0.0775. The molecule has 0 unspecified atom stereocenters. The van der Waals surface area contributed by atoms with Crippen molar-refractivity contribution < 1.29 is 18.7 Å². The van der Waals surface area contributed by atoms with Crippen LogP contribution in [0.3, 0.4) is 0 Å². The highest BCUT2D eigenvalue weighted by Crippen LogP contribution is 2.39. The van der Waals surface area contributed by atoms with Crippen LogP contribution >= 0.6 is 46.6 Å². The van der Waals surface area contributed by atoms with Crippen LogP contribution in [0.2, 0.25) is 15.1 Å². The van der Waals surface area contributed by atoms with Crippen molar-refractivity contribution in [1.29, 1.82) is 0 Å². The summed E-state index contributed by atoms with van der Waals surface area (Å²) in [5.41, 5.74) is 1.44. The Morgan fingerprint density at radius 1 is 1.09 bits per heavy atom. The standard InChI is InChI=1S/C24H16Cl3FN2O3S/c1-32-19-10-13(9-16(26)22(19)33-12-14-5-2-3-7-17(14)28)11-20-23(31)30-24(34-20)29-18-8-4-6-15(25)21(18)27/h2-11H,12H2,1H3,(H,29,30,31)/b20-11+. The number of rotatable bonds is 6. The number of methoxy groups -OCH3 is 1. The predicted octanol–water partition coefficient (Wildman–Crippen LogP) is 7.27. The number of thioether (sulfide) groups is 1. The summed E-state index contributed by atoms with van der Waals surface area (Å²) in [6.07, 6.45) is 1.65. The summed E-state index contributed by atoms with van der Waals surface area (Å²) in [5, 5.41) is 3.98. The van der Waals surface area contributed by atoms with E-state index in [1.807, 2.05) is 0 Å². The quantitative estimate of drug-likeness (QED) is 0.336. The molecule has 1 amide bonds. The third kappa shape index (κ3) is 5.50. The number of halogens is 4. The molecule has 174 valence electrons. The van der Waals surface area contributed by atoms with Crippen molar-refractivity contribution in [2.24, 2.45) is 4.99 Å². The maximum atomic E-state index is 13.9. The first kappa shape index (κ1) is 24.4. The lowest BCUT2D eigenvalue weighted by Crippen LogP contribution is -2.19. The smallest absolute Gasteiger partial charge is 0.264 e. The first-order chi connectivity index (χ1) is 16.4. The summed E-state index contributed by atoms with van der Waals surface area (Å²) >= 11 is 19.8. The highest BCUT2D eigenvalue weighted by molar-refractivity contribution is 8.18. The van der Waals surface area contributed by atoms with Gasteiger partial charge in [-0.3, -0.25) is 4.79 Å². The summed E-state index contributed by atoms with van der Waals surface area (Å²) in [7, 11) is 1.47. The molecule has 1 aliphatic heterocycles. The van der Waals surface area contributed by atoms with Gasteiger partial charge in [-0.15, -0.1) is 0 Å². The molecule has 0 saturated carbocycles. The summed E-state index contributed by atoms with van der Waals surface area (Å²) in [6.45, 7) is -0.0205. The van der Waals surface area contributed by atoms with E-state index in [0.717, 1.165) is 11.8 Å². The number of carbonyl (C=O) groups is 1. The molecule has 5 nitrogen and oxygen atoms in total. The van der Waals surface area contributed by atoms with Crippen LogP contribution < -0.4 is 14.8 Å². The minimum atomic E-state index is -0.375. The van der Waals surface area contributed by atoms with Crippen molar-refractivity contribution in [2.75, 3.05) is 7.11 Å². The van der Waals surface area contributed by atoms with Crippen LogP contribution in [0.25, 0.3) is 6.08 Å². The molecule has 1 N–H and O–H groups in total. The zero-order valence-corrected chi connectivity index (χ0v) is 20.7. The fourth-order valence-corrected chi connectivity index (χ4v) is 4.49. The van der Waals surface area contributed by atoms with E-state index in [2.05, 4.69) is 10.3 Å². The van der Waals surface area contributed by atoms with E-state index < -0.39 is 0 Å². The summed E-state index contributed by atoms with van der Waals surface area (Å²) in [6, 6.07) is 14.7. The minimum absolute atomic E-state index is 0.0205. The maximum absolute atomic E-state index is 13.9. The minimum Gasteiger partial charge on any atom is -0.493 e. The number of nitrogens with one attached hydrogen (secondary N) is 1. The molecule has 1 aliphatic rings. The number of hydrogen-bond donors (Lipinski definition) is 1. The second kappa shape index (κ2) is 10.7. The molecule has 0 spiro atoms. The van der Waals surface area contributed by atoms with E-state index in [4.69, 9.17) is 44.3 Å². The van der Waals surface area contributed by atoms with Crippen molar-refractivity contribution in [3.63, 3.8) is 0 Å². The molecule has 10 heteroatoms. The number of hydrogen-bond acceptors (Lipinski definition) is 5. The van der Waals surface area contributed by atoms with Gasteiger partial charge in [0.1, 0.15) is 12.4 Å². The van der Waals surface area contributed by atoms with Crippen LogP contribution in [0.4, 0.5) is 10.1 Å². The Labute approximate surface area is 214 Å².